The highest BCUT2D eigenvalue weighted by Gasteiger charge is 2.16. The summed E-state index contributed by atoms with van der Waals surface area (Å²) >= 11 is 0. The van der Waals surface area contributed by atoms with Crippen LogP contribution in [-0.2, 0) is 0 Å². The number of ether oxygens (including phenoxy) is 1. The van der Waals surface area contributed by atoms with Crippen molar-refractivity contribution in [2.75, 3.05) is 13.3 Å². The van der Waals surface area contributed by atoms with Gasteiger partial charge in [-0.1, -0.05) is 18.7 Å². The van der Waals surface area contributed by atoms with Crippen LogP contribution < -0.4 is 16.3 Å². The van der Waals surface area contributed by atoms with Crippen LogP contribution in [0.15, 0.2) is 53.6 Å². The number of allylic oxidation sites excluding steroid dienone is 3. The monoisotopic (exact) mass is 361 g/mol. The van der Waals surface area contributed by atoms with Gasteiger partial charge in [-0.25, -0.2) is 13.8 Å². The summed E-state index contributed by atoms with van der Waals surface area (Å²) in [6, 6.07) is 1.78. The maximum absolute atomic E-state index is 13.9. The Balaban J connectivity index is 2.32. The van der Waals surface area contributed by atoms with E-state index in [9.17, 15) is 8.78 Å². The molecule has 2 aromatic heterocycles. The first-order valence-electron chi connectivity index (χ1n) is 7.81. The molecule has 6 nitrogen and oxygen atoms in total. The normalized spacial score (nSPS) is 12.9. The molecule has 2 aromatic rings. The highest BCUT2D eigenvalue weighted by molar-refractivity contribution is 5.97. The minimum absolute atomic E-state index is 0.0907. The molecule has 0 amide bonds. The molecule has 0 saturated carbocycles. The number of nitrogens with zero attached hydrogens (tertiary/aromatic N) is 3. The Morgan fingerprint density at radius 2 is 2.19 bits per heavy atom. The molecule has 0 fully saturated rings. The number of halogens is 2. The quantitative estimate of drug-likeness (QED) is 0.261. The number of hydrogen-bond donors (Lipinski definition) is 2. The predicted octanol–water partition coefficient (Wildman–Crippen LogP) is 2.84. The van der Waals surface area contributed by atoms with Gasteiger partial charge in [0, 0.05) is 11.8 Å². The first-order valence-corrected chi connectivity index (χ1v) is 7.81. The fourth-order valence-corrected chi connectivity index (χ4v) is 2.39. The molecule has 0 saturated heterocycles. The zero-order chi connectivity index (χ0) is 19.3. The number of amidine groups is 1. The van der Waals surface area contributed by atoms with Crippen molar-refractivity contribution >= 4 is 11.5 Å². The van der Waals surface area contributed by atoms with Crippen LogP contribution in [0.4, 0.5) is 8.78 Å². The minimum Gasteiger partial charge on any atom is -0.485 e. The first kappa shape index (κ1) is 19.2. The molecule has 8 heteroatoms. The van der Waals surface area contributed by atoms with Gasteiger partial charge in [0.25, 0.3) is 0 Å². The average Bonchev–Trinajstić information content (AvgIpc) is 2.94. The number of pyridine rings is 1. The van der Waals surface area contributed by atoms with Gasteiger partial charge in [-0.15, -0.1) is 0 Å². The van der Waals surface area contributed by atoms with Gasteiger partial charge in [-0.05, 0) is 31.6 Å². The summed E-state index contributed by atoms with van der Waals surface area (Å²) in [7, 11) is 0. The van der Waals surface area contributed by atoms with Crippen LogP contribution in [0.5, 0.6) is 5.75 Å². The smallest absolute Gasteiger partial charge is 0.180 e. The largest absolute Gasteiger partial charge is 0.485 e. The molecule has 138 valence electrons. The standard InChI is InChI=1S/C18H21F2N5O/c1-11-8-15(26-10-12(2)14(20)6-4-5-7-19)18-23-13(3)16(17(21)24-22)25(18)9-11/h4-6,8-9H,2,7,10,22H2,1,3H3,(H2,21,24)/b5-4-,14-6+. The number of nitrogens with two attached hydrogens (primary N) is 2. The Labute approximate surface area is 150 Å². The lowest BCUT2D eigenvalue weighted by Crippen LogP contribution is -2.19. The maximum atomic E-state index is 13.9. The van der Waals surface area contributed by atoms with E-state index in [2.05, 4.69) is 16.7 Å². The lowest BCUT2D eigenvalue weighted by atomic mass is 10.2. The van der Waals surface area contributed by atoms with Crippen molar-refractivity contribution in [2.24, 2.45) is 16.7 Å². The van der Waals surface area contributed by atoms with Crippen molar-refractivity contribution in [3.8, 4) is 5.75 Å². The Morgan fingerprint density at radius 1 is 1.46 bits per heavy atom. The summed E-state index contributed by atoms with van der Waals surface area (Å²) in [6.07, 6.45) is 5.43. The topological polar surface area (TPSA) is 90.9 Å². The van der Waals surface area contributed by atoms with Crippen molar-refractivity contribution in [1.82, 2.24) is 9.38 Å². The molecule has 0 atom stereocenters. The number of hydrogen-bond acceptors (Lipinski definition) is 4. The molecule has 0 bridgehead atoms. The van der Waals surface area contributed by atoms with Gasteiger partial charge < -0.3 is 16.3 Å². The molecule has 0 radical (unpaired) electrons. The molecular weight excluding hydrogens is 340 g/mol. The van der Waals surface area contributed by atoms with Gasteiger partial charge in [-0.2, -0.15) is 5.10 Å². The fraction of sp³-hybridized carbons (Fsp3) is 0.222. The third-order valence-electron chi connectivity index (χ3n) is 3.59. The van der Waals surface area contributed by atoms with E-state index in [1.807, 2.05) is 13.1 Å². The van der Waals surface area contributed by atoms with E-state index in [-0.39, 0.29) is 18.0 Å². The van der Waals surface area contributed by atoms with Crippen LogP contribution in [0.1, 0.15) is 17.0 Å². The van der Waals surface area contributed by atoms with E-state index >= 15 is 0 Å². The molecule has 2 rings (SSSR count). The van der Waals surface area contributed by atoms with E-state index < -0.39 is 12.5 Å². The summed E-state index contributed by atoms with van der Waals surface area (Å²) in [4.78, 5) is 4.44. The number of hydrazone groups is 1. The molecule has 2 heterocycles. The summed E-state index contributed by atoms with van der Waals surface area (Å²) in [6.45, 7) is 6.53. The zero-order valence-electron chi connectivity index (χ0n) is 14.7. The summed E-state index contributed by atoms with van der Waals surface area (Å²) in [5.41, 5.74) is 8.55. The van der Waals surface area contributed by atoms with Crippen molar-refractivity contribution in [3.63, 3.8) is 0 Å². The Hall–Kier alpha value is -3.16. The number of aromatic nitrogens is 2. The van der Waals surface area contributed by atoms with Crippen molar-refractivity contribution in [3.05, 3.63) is 65.4 Å². The lowest BCUT2D eigenvalue weighted by molar-refractivity contribution is 0.350. The number of fused-ring (bicyclic) bond motifs is 1. The van der Waals surface area contributed by atoms with Crippen molar-refractivity contribution in [1.29, 1.82) is 0 Å². The average molecular weight is 361 g/mol. The van der Waals surface area contributed by atoms with Crippen LogP contribution in [-0.4, -0.2) is 28.5 Å². The second-order valence-corrected chi connectivity index (χ2v) is 5.62. The van der Waals surface area contributed by atoms with Crippen molar-refractivity contribution < 1.29 is 13.5 Å². The van der Waals surface area contributed by atoms with E-state index in [4.69, 9.17) is 16.3 Å². The van der Waals surface area contributed by atoms with E-state index in [1.54, 1.807) is 17.4 Å². The zero-order valence-corrected chi connectivity index (χ0v) is 14.7. The molecule has 0 spiro atoms. The van der Waals surface area contributed by atoms with Gasteiger partial charge in [0.15, 0.2) is 17.2 Å². The van der Waals surface area contributed by atoms with Crippen LogP contribution >= 0.6 is 0 Å². The summed E-state index contributed by atoms with van der Waals surface area (Å²) in [5.74, 6) is 5.28. The number of imidazole rings is 1. The van der Waals surface area contributed by atoms with Crippen LogP contribution in [0.2, 0.25) is 0 Å². The minimum atomic E-state index is -0.662. The predicted molar refractivity (Wildman–Crippen MR) is 98.5 cm³/mol. The maximum Gasteiger partial charge on any atom is 0.180 e. The van der Waals surface area contributed by atoms with E-state index in [0.717, 1.165) is 11.6 Å². The second kappa shape index (κ2) is 8.28. The highest BCUT2D eigenvalue weighted by atomic mass is 19.1. The Morgan fingerprint density at radius 3 is 2.85 bits per heavy atom. The van der Waals surface area contributed by atoms with Crippen LogP contribution in [0.3, 0.4) is 0 Å². The molecular formula is C18H21F2N5O. The molecule has 4 N–H and O–H groups in total. The highest BCUT2D eigenvalue weighted by Crippen LogP contribution is 2.25. The molecule has 0 aliphatic carbocycles. The molecule has 26 heavy (non-hydrogen) atoms. The van der Waals surface area contributed by atoms with Gasteiger partial charge in [0.2, 0.25) is 0 Å². The van der Waals surface area contributed by atoms with E-state index in [1.165, 1.54) is 12.2 Å². The number of aryl methyl sites for hydroxylation is 2. The first-order chi connectivity index (χ1) is 12.4. The summed E-state index contributed by atoms with van der Waals surface area (Å²) in [5, 5.41) is 3.52. The van der Waals surface area contributed by atoms with Crippen LogP contribution in [0.25, 0.3) is 5.65 Å². The second-order valence-electron chi connectivity index (χ2n) is 5.62. The summed E-state index contributed by atoms with van der Waals surface area (Å²) < 4.78 is 33.3. The van der Waals surface area contributed by atoms with E-state index in [0.29, 0.717) is 22.8 Å². The number of rotatable bonds is 7. The number of alkyl halides is 1. The lowest BCUT2D eigenvalue weighted by Gasteiger charge is -2.10. The van der Waals surface area contributed by atoms with Gasteiger partial charge in [0.05, 0.1) is 5.69 Å². The molecule has 0 aliphatic heterocycles. The third kappa shape index (κ3) is 4.08. The molecule has 0 aromatic carbocycles. The van der Waals surface area contributed by atoms with Gasteiger partial charge >= 0.3 is 0 Å². The third-order valence-corrected chi connectivity index (χ3v) is 3.59. The van der Waals surface area contributed by atoms with Crippen molar-refractivity contribution in [2.45, 2.75) is 13.8 Å². The Bertz CT molecular complexity index is 912. The molecule has 0 aliphatic rings. The van der Waals surface area contributed by atoms with Crippen LogP contribution in [0, 0.1) is 13.8 Å². The van der Waals surface area contributed by atoms with Gasteiger partial charge in [0.1, 0.15) is 24.8 Å². The Kier molecular flexibility index (Phi) is 6.11. The SMILES string of the molecule is C=C(COc1cc(C)cn2c(C(N)=NN)c(C)nc12)/C(F)=C\C=C/CF. The molecule has 0 unspecified atom stereocenters. The van der Waals surface area contributed by atoms with Gasteiger partial charge in [-0.3, -0.25) is 4.40 Å². The fourth-order valence-electron chi connectivity index (χ4n) is 2.39.